The maximum atomic E-state index is 11.8. The van der Waals surface area contributed by atoms with E-state index in [1.54, 1.807) is 11.5 Å². The minimum absolute atomic E-state index is 0.0146. The smallest absolute Gasteiger partial charge is 0.280 e. The Labute approximate surface area is 792 Å². The molecule has 16 aromatic heterocycles. The van der Waals surface area contributed by atoms with Crippen LogP contribution in [0.2, 0.25) is 0 Å². The molecule has 16 aromatic rings. The number of amides is 1. The fraction of sp³-hybridized carbons (Fsp3) is 0.408. The molecule has 5 fully saturated rings. The molecule has 67 heteroatoms. The number of nitrogen functional groups attached to an aromatic ring is 10. The van der Waals surface area contributed by atoms with Crippen molar-refractivity contribution in [2.75, 3.05) is 90.3 Å². The second-order valence-electron chi connectivity index (χ2n) is 32.0. The van der Waals surface area contributed by atoms with Gasteiger partial charge in [-0.05, 0) is 25.8 Å². The molecule has 0 spiro atoms. The number of nitrogens with one attached hydrogen (secondary N) is 7. The molecule has 6 aliphatic heterocycles. The average molecular weight is 2000 g/mol. The van der Waals surface area contributed by atoms with Gasteiger partial charge in [-0.25, -0.2) is 29.9 Å². The summed E-state index contributed by atoms with van der Waals surface area (Å²) in [6.45, 7) is 2.44. The third-order valence-corrected chi connectivity index (χ3v) is 22.4. The van der Waals surface area contributed by atoms with Crippen LogP contribution in [0, 0.1) is 0 Å². The molecule has 762 valence electrons. The molecule has 6 aliphatic rings. The van der Waals surface area contributed by atoms with Gasteiger partial charge >= 0.3 is 0 Å². The molecule has 143 heavy (non-hydrogen) atoms. The van der Waals surface area contributed by atoms with Gasteiger partial charge in [-0.1, -0.05) is 0 Å². The number of ether oxygens (including phenoxy) is 6. The van der Waals surface area contributed by atoms with Gasteiger partial charge in [0.25, 0.3) is 33.4 Å². The standard InChI is InChI=1S/C12H16N6O5.2C10H13N5O4.C10H11N5O4.C10H13N5O4.C10H13N5O3.C7H9N5O.C7H8N4O2/c1-4(19)14-2-5-7(20)8(21)11(23-5)18-3-15-6-9(18)16-12(13)17-10(6)22;11-10-13-8-7(9(18)14-10)12-3-15(8)6-1-4(17)5(2-16)19-6;2*11-10-13-7-6(8(18)14-10)12-3-15(7)9-5(17)1-4(2-16)19-9;1-3-5(16)6(17)9(19-3)15-2-12-4-7(15)13-10(11)14-8(4)18;11-10-13-8-7(9(17)14-10)12-4-15(8)6-2-1-5(3-16)18-6;8-1-3-2-13-6-4(3)5(9)11-7(10)12-6;8-5-4-3(1-12)2-13-6(4)11-7(9)10-5/h3,5,7-8,11,20-21H,2H2,1H3,(H,14,19)(H3,13,16,17,22);3-6,16-17H,1-2H2,(H3,11,13,14,18);3-5,9,16-17H,1-2H2,(H3,11,13,14,18);1,3-4,9,16-17H,2H2,(H3,11,13,14,18);2-3,5-6,9,16-17H,1H3,(H3,11,13,14,18);4-6,16H,1-3H2,(H3,11,13,14,17);2H,1,8H2,(H4,9,10,11,12);2,12H,1H2,(H4,8,9,10,11)/t;4-,5-,6-;;;;;;/m.1....../s1. The minimum Gasteiger partial charge on any atom is -0.508 e. The lowest BCUT2D eigenvalue weighted by Crippen LogP contribution is -2.39. The van der Waals surface area contributed by atoms with Crippen LogP contribution in [-0.2, 0) is 46.4 Å². The lowest BCUT2D eigenvalue weighted by Gasteiger charge is -2.16. The Morgan fingerprint density at radius 3 is 1.20 bits per heavy atom. The van der Waals surface area contributed by atoms with Gasteiger partial charge in [-0.3, -0.25) is 90.9 Å². The van der Waals surface area contributed by atoms with Gasteiger partial charge in [0.15, 0.2) is 91.9 Å². The normalized spacial score (nSPS) is 23.8. The first kappa shape index (κ1) is 101. The quantitative estimate of drug-likeness (QED) is 0.0481. The minimum atomic E-state index is -1.28. The number of rotatable bonds is 14. The highest BCUT2D eigenvalue weighted by Crippen LogP contribution is 2.37. The molecule has 15 unspecified atom stereocenters. The molecular formula is C76H96N40O27. The summed E-state index contributed by atoms with van der Waals surface area (Å²) >= 11 is 0. The number of aliphatic hydroxyl groups excluding tert-OH is 12. The largest absolute Gasteiger partial charge is 0.508 e. The predicted molar refractivity (Wildman–Crippen MR) is 492 cm³/mol. The van der Waals surface area contributed by atoms with Crippen LogP contribution in [-0.4, -0.2) is 310 Å². The van der Waals surface area contributed by atoms with Crippen molar-refractivity contribution in [1.29, 1.82) is 0 Å². The molecule has 22 heterocycles. The Morgan fingerprint density at radius 1 is 0.420 bits per heavy atom. The number of furan rings is 2. The van der Waals surface area contributed by atoms with Gasteiger partial charge in [0, 0.05) is 44.0 Å². The first-order valence-electron chi connectivity index (χ1n) is 42.6. The maximum absolute atomic E-state index is 11.8. The number of aromatic amines is 6. The molecular weight excluding hydrogens is 1910 g/mol. The molecule has 0 saturated carbocycles. The van der Waals surface area contributed by atoms with Crippen molar-refractivity contribution in [2.45, 2.75) is 163 Å². The van der Waals surface area contributed by atoms with E-state index in [4.69, 9.17) is 126 Å². The van der Waals surface area contributed by atoms with Crippen LogP contribution < -0.4 is 102 Å². The Kier molecular flexibility index (Phi) is 29.9. The number of carbonyl (C=O) groups excluding carboxylic acids is 1. The van der Waals surface area contributed by atoms with Crippen LogP contribution in [0.3, 0.4) is 0 Å². The summed E-state index contributed by atoms with van der Waals surface area (Å²) in [5.41, 5.74) is 61.9. The van der Waals surface area contributed by atoms with Gasteiger partial charge in [0.05, 0.1) is 119 Å². The van der Waals surface area contributed by atoms with Crippen LogP contribution >= 0.6 is 0 Å². The zero-order valence-corrected chi connectivity index (χ0v) is 74.5. The van der Waals surface area contributed by atoms with E-state index >= 15 is 0 Å². The lowest BCUT2D eigenvalue weighted by molar-refractivity contribution is -0.120. The van der Waals surface area contributed by atoms with Crippen molar-refractivity contribution < 1.29 is 103 Å². The summed E-state index contributed by atoms with van der Waals surface area (Å²) in [6, 6.07) is 0. The van der Waals surface area contributed by atoms with Gasteiger partial charge in [-0.2, -0.15) is 49.8 Å². The van der Waals surface area contributed by atoms with Crippen LogP contribution in [0.25, 0.3) is 89.2 Å². The highest BCUT2D eigenvalue weighted by atomic mass is 16.6. The second kappa shape index (κ2) is 42.4. The number of imidazole rings is 6. The molecule has 5 saturated heterocycles. The van der Waals surface area contributed by atoms with Crippen molar-refractivity contribution in [2.24, 2.45) is 5.73 Å². The number of aromatic nitrogens is 28. The molecule has 41 N–H and O–H groups in total. The number of carbonyl (C=O) groups is 1. The van der Waals surface area contributed by atoms with E-state index in [9.17, 15) is 69.3 Å². The summed E-state index contributed by atoms with van der Waals surface area (Å²) < 4.78 is 51.9. The highest BCUT2D eigenvalue weighted by molar-refractivity contribution is 5.89. The van der Waals surface area contributed by atoms with Crippen LogP contribution in [0.1, 0.15) is 88.0 Å². The third kappa shape index (κ3) is 21.1. The topological polar surface area (TPSA) is 1070 Å². The van der Waals surface area contributed by atoms with Crippen LogP contribution in [0.5, 0.6) is 0 Å². The molecule has 0 aliphatic carbocycles. The summed E-state index contributed by atoms with van der Waals surface area (Å²) in [7, 11) is 0. The summed E-state index contributed by atoms with van der Waals surface area (Å²) in [5, 5.41) is 118. The number of hydrogen-bond donors (Lipinski definition) is 30. The molecule has 67 nitrogen and oxygen atoms in total. The highest BCUT2D eigenvalue weighted by Gasteiger charge is 2.46. The molecule has 0 aromatic carbocycles. The molecule has 22 rings (SSSR count). The van der Waals surface area contributed by atoms with Gasteiger partial charge in [0.2, 0.25) is 64.9 Å². The number of hydrogen-bond acceptors (Lipinski definition) is 54. The first-order chi connectivity index (χ1) is 68.3. The summed E-state index contributed by atoms with van der Waals surface area (Å²) in [6.07, 6.45) is 0.827. The Bertz CT molecular complexity index is 7640. The van der Waals surface area contributed by atoms with Crippen LogP contribution in [0.15, 0.2) is 99.9 Å². The zero-order chi connectivity index (χ0) is 103. The predicted octanol–water partition coefficient (Wildman–Crippen LogP) is -9.39. The monoisotopic (exact) mass is 2000 g/mol. The van der Waals surface area contributed by atoms with Crippen molar-refractivity contribution in [3.63, 3.8) is 0 Å². The zero-order valence-electron chi connectivity index (χ0n) is 74.5. The van der Waals surface area contributed by atoms with E-state index in [-0.39, 0.29) is 190 Å². The number of anilines is 10. The Morgan fingerprint density at radius 2 is 0.818 bits per heavy atom. The van der Waals surface area contributed by atoms with E-state index in [1.807, 2.05) is 0 Å². The van der Waals surface area contributed by atoms with Crippen molar-refractivity contribution in [1.82, 2.24) is 142 Å². The number of fused-ring (bicyclic) bond motifs is 8. The number of nitrogens with zero attached hydrogens (tertiary/aromatic N) is 22. The van der Waals surface area contributed by atoms with Gasteiger partial charge in [-0.15, -0.1) is 0 Å². The fourth-order valence-electron chi connectivity index (χ4n) is 15.6. The fourth-order valence-corrected chi connectivity index (χ4v) is 15.6. The average Bonchev–Trinajstić information content (AvgIpc) is 1.66. The van der Waals surface area contributed by atoms with Gasteiger partial charge < -0.3 is 167 Å². The third-order valence-electron chi connectivity index (χ3n) is 22.4. The lowest BCUT2D eigenvalue weighted by atomic mass is 10.1. The number of H-pyrrole nitrogens is 6. The second-order valence-corrected chi connectivity index (χ2v) is 32.0. The molecule has 0 bridgehead atoms. The van der Waals surface area contributed by atoms with E-state index in [0.717, 1.165) is 18.4 Å². The van der Waals surface area contributed by atoms with Crippen molar-refractivity contribution in [3.05, 3.63) is 136 Å². The number of nitrogens with two attached hydrogens (primary N) is 11. The van der Waals surface area contributed by atoms with E-state index < -0.39 is 126 Å². The summed E-state index contributed by atoms with van der Waals surface area (Å²) in [4.78, 5) is 158. The SMILES string of the molecule is CC(=O)NCC1OC(n2cnc3c(=O)[nH]c(N)nc32)C(O)C1O.CC1OC(n2cnc3c(=O)[nH]c(N)nc32)C(O)C1O.NCc1coc2nc(N)nc(N)c12.Nc1nc(N)c2c(CO)coc2n1.Nc1nc2c(ncn2C2CCC(CO)O2)c(=O)[nH]1.Nc1nc2c(ncn2C2OC(CO)C=C2O)c(=O)[nH]1.Nc1nc2c(ncn2C2OC(CO)CC2O)c(=O)[nH]1.Nc1nc2c(ncn2[C@H]2C[C@@H](O)[C@@H](CO)O2)c(=O)[nH]1. The molecule has 1 amide bonds. The first-order valence-corrected chi connectivity index (χ1v) is 42.6. The molecule has 0 radical (unpaired) electrons. The summed E-state index contributed by atoms with van der Waals surface area (Å²) in [5.74, 6) is 0.0929. The van der Waals surface area contributed by atoms with E-state index in [0.29, 0.717) is 52.2 Å². The van der Waals surface area contributed by atoms with Gasteiger partial charge in [0.1, 0.15) is 78.7 Å². The van der Waals surface area contributed by atoms with E-state index in [1.165, 1.54) is 86.3 Å². The van der Waals surface area contributed by atoms with E-state index in [2.05, 4.69) is 115 Å². The van der Waals surface area contributed by atoms with Crippen molar-refractivity contribution in [3.8, 4) is 0 Å². The Balaban J connectivity index is 0.000000124. The molecule has 18 atom stereocenters. The van der Waals surface area contributed by atoms with Crippen LogP contribution in [0.4, 0.5) is 59.2 Å². The number of aliphatic hydroxyl groups is 12. The maximum Gasteiger partial charge on any atom is 0.280 e. The van der Waals surface area contributed by atoms with Crippen molar-refractivity contribution >= 4 is 154 Å². The Hall–Kier alpha value is -16.4.